The number of aromatic hydroxyl groups is 1. The maximum absolute atomic E-state index is 11.8. The summed E-state index contributed by atoms with van der Waals surface area (Å²) in [6.07, 6.45) is 3.02. The maximum atomic E-state index is 11.8. The summed E-state index contributed by atoms with van der Waals surface area (Å²) in [5.74, 6) is -0.709. The molecular formula is C15H10Cl3NO2. The zero-order valence-corrected chi connectivity index (χ0v) is 12.9. The SMILES string of the molecule is O=C(/C=C/c1ccccc1)Nc1cc(Cl)c(O)c(Cl)c1Cl. The van der Waals surface area contributed by atoms with E-state index in [0.29, 0.717) is 0 Å². The van der Waals surface area contributed by atoms with Crippen molar-refractivity contribution in [1.82, 2.24) is 0 Å². The second kappa shape index (κ2) is 6.85. The van der Waals surface area contributed by atoms with Gasteiger partial charge in [-0.15, -0.1) is 0 Å². The first-order chi connectivity index (χ1) is 9.99. The molecule has 0 aliphatic carbocycles. The minimum Gasteiger partial charge on any atom is -0.505 e. The first-order valence-electron chi connectivity index (χ1n) is 5.89. The van der Waals surface area contributed by atoms with Gasteiger partial charge in [-0.25, -0.2) is 0 Å². The van der Waals surface area contributed by atoms with Gasteiger partial charge in [0.15, 0.2) is 5.75 Å². The van der Waals surface area contributed by atoms with Crippen molar-refractivity contribution in [1.29, 1.82) is 0 Å². The van der Waals surface area contributed by atoms with E-state index in [9.17, 15) is 9.90 Å². The van der Waals surface area contributed by atoms with Gasteiger partial charge >= 0.3 is 0 Å². The number of carbonyl (C=O) groups is 1. The predicted octanol–water partition coefficient (Wildman–Crippen LogP) is 5.00. The van der Waals surface area contributed by atoms with Crippen molar-refractivity contribution in [2.45, 2.75) is 0 Å². The minimum atomic E-state index is -0.390. The number of anilines is 1. The summed E-state index contributed by atoms with van der Waals surface area (Å²) in [6, 6.07) is 10.7. The summed E-state index contributed by atoms with van der Waals surface area (Å²) >= 11 is 17.5. The first kappa shape index (κ1) is 15.7. The smallest absolute Gasteiger partial charge is 0.248 e. The molecule has 0 radical (unpaired) electrons. The number of carbonyl (C=O) groups excluding carboxylic acids is 1. The van der Waals surface area contributed by atoms with Crippen LogP contribution >= 0.6 is 34.8 Å². The molecule has 0 saturated heterocycles. The average molecular weight is 343 g/mol. The van der Waals surface area contributed by atoms with E-state index >= 15 is 0 Å². The van der Waals surface area contributed by atoms with Crippen LogP contribution in [-0.4, -0.2) is 11.0 Å². The van der Waals surface area contributed by atoms with Crippen molar-refractivity contribution < 1.29 is 9.90 Å². The fourth-order valence-corrected chi connectivity index (χ4v) is 2.23. The van der Waals surface area contributed by atoms with Gasteiger partial charge in [-0.1, -0.05) is 65.1 Å². The molecule has 2 rings (SSSR count). The lowest BCUT2D eigenvalue weighted by atomic mass is 10.2. The van der Waals surface area contributed by atoms with Gasteiger partial charge in [0.25, 0.3) is 0 Å². The lowest BCUT2D eigenvalue weighted by molar-refractivity contribution is -0.111. The number of halogens is 3. The van der Waals surface area contributed by atoms with Crippen LogP contribution in [0.1, 0.15) is 5.56 Å². The molecule has 2 aromatic carbocycles. The van der Waals surface area contributed by atoms with Gasteiger partial charge in [0.2, 0.25) is 5.91 Å². The molecule has 3 nitrogen and oxygen atoms in total. The number of phenols is 1. The second-order valence-corrected chi connectivity index (χ2v) is 5.28. The summed E-state index contributed by atoms with van der Waals surface area (Å²) in [5, 5.41) is 12.0. The van der Waals surface area contributed by atoms with Crippen molar-refractivity contribution in [2.75, 3.05) is 5.32 Å². The molecule has 0 saturated carbocycles. The van der Waals surface area contributed by atoms with E-state index < -0.39 is 5.91 Å². The van der Waals surface area contributed by atoms with Crippen LogP contribution in [0.3, 0.4) is 0 Å². The number of hydrogen-bond acceptors (Lipinski definition) is 2. The Morgan fingerprint density at radius 3 is 2.43 bits per heavy atom. The van der Waals surface area contributed by atoms with Crippen LogP contribution in [0.5, 0.6) is 5.75 Å². The number of nitrogens with one attached hydrogen (secondary N) is 1. The summed E-state index contributed by atoms with van der Waals surface area (Å²) in [6.45, 7) is 0. The standard InChI is InChI=1S/C15H10Cl3NO2/c16-10-8-11(13(17)14(18)15(10)21)19-12(20)7-6-9-4-2-1-3-5-9/h1-8,21H,(H,19,20)/b7-6+. The van der Waals surface area contributed by atoms with Gasteiger partial charge in [0.05, 0.1) is 15.7 Å². The quantitative estimate of drug-likeness (QED) is 0.468. The second-order valence-electron chi connectivity index (χ2n) is 4.12. The topological polar surface area (TPSA) is 49.3 Å². The van der Waals surface area contributed by atoms with Gasteiger partial charge in [0.1, 0.15) is 5.02 Å². The normalized spacial score (nSPS) is 10.8. The van der Waals surface area contributed by atoms with E-state index in [1.165, 1.54) is 12.1 Å². The lowest BCUT2D eigenvalue weighted by Gasteiger charge is -2.09. The summed E-state index contributed by atoms with van der Waals surface area (Å²) in [7, 11) is 0. The molecule has 21 heavy (non-hydrogen) atoms. The summed E-state index contributed by atoms with van der Waals surface area (Å²) < 4.78 is 0. The minimum absolute atomic E-state index is 0.00624. The third kappa shape index (κ3) is 3.91. The van der Waals surface area contributed by atoms with Crippen LogP contribution in [0.25, 0.3) is 6.08 Å². The van der Waals surface area contributed by atoms with Crippen molar-refractivity contribution in [3.63, 3.8) is 0 Å². The Morgan fingerprint density at radius 1 is 1.10 bits per heavy atom. The van der Waals surface area contributed by atoms with E-state index in [4.69, 9.17) is 34.8 Å². The Morgan fingerprint density at radius 2 is 1.76 bits per heavy atom. The fraction of sp³-hybridized carbons (Fsp3) is 0. The van der Waals surface area contributed by atoms with Gasteiger partial charge in [-0.3, -0.25) is 4.79 Å². The molecule has 0 aromatic heterocycles. The van der Waals surface area contributed by atoms with Gasteiger partial charge < -0.3 is 10.4 Å². The van der Waals surface area contributed by atoms with Gasteiger partial charge in [-0.2, -0.15) is 0 Å². The molecule has 0 bridgehead atoms. The molecule has 0 aliphatic rings. The lowest BCUT2D eigenvalue weighted by Crippen LogP contribution is -2.08. The zero-order valence-electron chi connectivity index (χ0n) is 10.6. The molecule has 0 unspecified atom stereocenters. The molecule has 0 atom stereocenters. The molecular weight excluding hydrogens is 333 g/mol. The number of phenolic OH excluding ortho intramolecular Hbond substituents is 1. The monoisotopic (exact) mass is 341 g/mol. The molecule has 1 amide bonds. The van der Waals surface area contributed by atoms with Crippen LogP contribution in [-0.2, 0) is 4.79 Å². The highest BCUT2D eigenvalue weighted by molar-refractivity contribution is 6.46. The Labute approximate surface area is 136 Å². The largest absolute Gasteiger partial charge is 0.505 e. The number of hydrogen-bond donors (Lipinski definition) is 2. The van der Waals surface area contributed by atoms with Crippen molar-refractivity contribution in [2.24, 2.45) is 0 Å². The Kier molecular flexibility index (Phi) is 5.12. The third-order valence-electron chi connectivity index (χ3n) is 2.62. The van der Waals surface area contributed by atoms with E-state index in [0.717, 1.165) is 5.56 Å². The maximum Gasteiger partial charge on any atom is 0.248 e. The summed E-state index contributed by atoms with van der Waals surface area (Å²) in [5.41, 5.74) is 1.12. The first-order valence-corrected chi connectivity index (χ1v) is 7.03. The Balaban J connectivity index is 2.15. The molecule has 0 fully saturated rings. The zero-order chi connectivity index (χ0) is 15.4. The van der Waals surface area contributed by atoms with Crippen LogP contribution in [0, 0.1) is 0 Å². The number of rotatable bonds is 3. The molecule has 2 aromatic rings. The molecule has 0 spiro atoms. The molecule has 0 aliphatic heterocycles. The van der Waals surface area contributed by atoms with Crippen LogP contribution in [0.15, 0.2) is 42.5 Å². The number of benzene rings is 2. The van der Waals surface area contributed by atoms with E-state index in [-0.39, 0.29) is 26.5 Å². The highest BCUT2D eigenvalue weighted by Crippen LogP contribution is 2.42. The van der Waals surface area contributed by atoms with Crippen LogP contribution in [0.2, 0.25) is 15.1 Å². The van der Waals surface area contributed by atoms with Crippen molar-refractivity contribution >= 4 is 52.5 Å². The fourth-order valence-electron chi connectivity index (χ4n) is 1.59. The van der Waals surface area contributed by atoms with E-state index in [1.54, 1.807) is 6.08 Å². The summed E-state index contributed by atoms with van der Waals surface area (Å²) in [4.78, 5) is 11.8. The highest BCUT2D eigenvalue weighted by atomic mass is 35.5. The van der Waals surface area contributed by atoms with Crippen LogP contribution < -0.4 is 5.32 Å². The van der Waals surface area contributed by atoms with Gasteiger partial charge in [-0.05, 0) is 17.7 Å². The van der Waals surface area contributed by atoms with E-state index in [1.807, 2.05) is 30.3 Å². The third-order valence-corrected chi connectivity index (χ3v) is 3.76. The van der Waals surface area contributed by atoms with Crippen molar-refractivity contribution in [3.05, 3.63) is 63.1 Å². The molecule has 108 valence electrons. The molecule has 2 N–H and O–H groups in total. The van der Waals surface area contributed by atoms with E-state index in [2.05, 4.69) is 5.32 Å². The number of amides is 1. The molecule has 0 heterocycles. The predicted molar refractivity (Wildman–Crippen MR) is 87.2 cm³/mol. The van der Waals surface area contributed by atoms with Crippen LogP contribution in [0.4, 0.5) is 5.69 Å². The van der Waals surface area contributed by atoms with Gasteiger partial charge in [0, 0.05) is 6.08 Å². The van der Waals surface area contributed by atoms with Crippen molar-refractivity contribution in [3.8, 4) is 5.75 Å². The Hall–Kier alpha value is -1.68. The highest BCUT2D eigenvalue weighted by Gasteiger charge is 2.14. The molecule has 6 heteroatoms. The Bertz CT molecular complexity index is 700. The average Bonchev–Trinajstić information content (AvgIpc) is 2.49.